The van der Waals surface area contributed by atoms with Gasteiger partial charge in [0.1, 0.15) is 5.82 Å². The summed E-state index contributed by atoms with van der Waals surface area (Å²) in [5.74, 6) is 0.703. The van der Waals surface area contributed by atoms with E-state index in [1.54, 1.807) is 13.8 Å². The molecule has 1 unspecified atom stereocenters. The number of hydrogen-bond acceptors (Lipinski definition) is 3. The minimum absolute atomic E-state index is 0.284. The number of nitrogens with zero attached hydrogens (tertiary/aromatic N) is 2. The SMILES string of the molecule is Cc1ccc2nc(C(C)Cl)n(CC(C)(C)S(C)(=O)=O)c2c1. The van der Waals surface area contributed by atoms with Gasteiger partial charge in [-0.1, -0.05) is 6.07 Å². The number of sulfone groups is 1. The molecule has 0 aliphatic rings. The van der Waals surface area contributed by atoms with Crippen LogP contribution in [0, 0.1) is 6.92 Å². The van der Waals surface area contributed by atoms with E-state index in [1.165, 1.54) is 6.26 Å². The Hall–Kier alpha value is -1.07. The van der Waals surface area contributed by atoms with Crippen molar-refractivity contribution in [2.45, 2.75) is 44.4 Å². The summed E-state index contributed by atoms with van der Waals surface area (Å²) in [5.41, 5.74) is 2.87. The quantitative estimate of drug-likeness (QED) is 0.807. The lowest BCUT2D eigenvalue weighted by molar-refractivity contribution is 0.499. The summed E-state index contributed by atoms with van der Waals surface area (Å²) in [6.07, 6.45) is 1.27. The Kier molecular flexibility index (Phi) is 4.10. The molecule has 1 heterocycles. The van der Waals surface area contributed by atoms with Crippen LogP contribution in [0.25, 0.3) is 11.0 Å². The van der Waals surface area contributed by atoms with E-state index in [0.29, 0.717) is 12.4 Å². The molecular weight excluding hydrogens is 308 g/mol. The molecule has 1 aromatic heterocycles. The summed E-state index contributed by atoms with van der Waals surface area (Å²) in [7, 11) is -3.19. The molecule has 0 aliphatic carbocycles. The summed E-state index contributed by atoms with van der Waals surface area (Å²) < 4.78 is 25.0. The standard InChI is InChI=1S/C15H21ClN2O2S/c1-10-6-7-12-13(8-10)18(14(17-12)11(2)16)9-15(3,4)21(5,19)20/h6-8,11H,9H2,1-5H3. The second-order valence-corrected chi connectivity index (χ2v) is 9.50. The first-order valence-electron chi connectivity index (χ1n) is 6.83. The van der Waals surface area contributed by atoms with Crippen molar-refractivity contribution in [3.8, 4) is 0 Å². The van der Waals surface area contributed by atoms with E-state index in [0.717, 1.165) is 16.6 Å². The van der Waals surface area contributed by atoms with Crippen LogP contribution < -0.4 is 0 Å². The highest BCUT2D eigenvalue weighted by molar-refractivity contribution is 7.92. The number of aryl methyl sites for hydroxylation is 1. The van der Waals surface area contributed by atoms with Gasteiger partial charge in [-0.3, -0.25) is 0 Å². The fourth-order valence-corrected chi connectivity index (χ4v) is 2.75. The summed E-state index contributed by atoms with van der Waals surface area (Å²) in [6.45, 7) is 7.64. The van der Waals surface area contributed by atoms with E-state index in [4.69, 9.17) is 11.6 Å². The summed E-state index contributed by atoms with van der Waals surface area (Å²) in [4.78, 5) is 4.56. The minimum Gasteiger partial charge on any atom is -0.325 e. The molecule has 21 heavy (non-hydrogen) atoms. The van der Waals surface area contributed by atoms with Crippen molar-refractivity contribution in [2.75, 3.05) is 6.26 Å². The molecule has 0 aliphatic heterocycles. The zero-order chi connectivity index (χ0) is 16.0. The Balaban J connectivity index is 2.66. The van der Waals surface area contributed by atoms with Crippen LogP contribution in [0.3, 0.4) is 0 Å². The van der Waals surface area contributed by atoms with Gasteiger partial charge in [0.15, 0.2) is 9.84 Å². The molecule has 0 N–H and O–H groups in total. The van der Waals surface area contributed by atoms with Crippen LogP contribution >= 0.6 is 11.6 Å². The first-order chi connectivity index (χ1) is 9.53. The van der Waals surface area contributed by atoms with Gasteiger partial charge >= 0.3 is 0 Å². The van der Waals surface area contributed by atoms with E-state index in [9.17, 15) is 8.42 Å². The van der Waals surface area contributed by atoms with Crippen LogP contribution in [0.5, 0.6) is 0 Å². The van der Waals surface area contributed by atoms with Gasteiger partial charge in [-0.05, 0) is 45.4 Å². The molecule has 2 rings (SSSR count). The monoisotopic (exact) mass is 328 g/mol. The third kappa shape index (κ3) is 3.09. The molecule has 1 atom stereocenters. The number of benzene rings is 1. The van der Waals surface area contributed by atoms with Crippen LogP contribution in [-0.2, 0) is 16.4 Å². The van der Waals surface area contributed by atoms with Gasteiger partial charge in [0, 0.05) is 12.8 Å². The number of fused-ring (bicyclic) bond motifs is 1. The maximum atomic E-state index is 12.0. The predicted octanol–water partition coefficient (Wildman–Crippen LogP) is 3.47. The lowest BCUT2D eigenvalue weighted by atomic mass is 10.2. The van der Waals surface area contributed by atoms with Gasteiger partial charge < -0.3 is 4.57 Å². The number of halogens is 1. The highest BCUT2D eigenvalue weighted by Crippen LogP contribution is 2.28. The van der Waals surface area contributed by atoms with Crippen LogP contribution in [-0.4, -0.2) is 29.0 Å². The van der Waals surface area contributed by atoms with Crippen molar-refractivity contribution in [2.24, 2.45) is 0 Å². The Labute approximate surface area is 131 Å². The zero-order valence-corrected chi connectivity index (χ0v) is 14.6. The van der Waals surface area contributed by atoms with E-state index < -0.39 is 14.6 Å². The zero-order valence-electron chi connectivity index (χ0n) is 13.0. The van der Waals surface area contributed by atoms with Gasteiger partial charge in [-0.25, -0.2) is 13.4 Å². The second-order valence-electron chi connectivity index (χ2n) is 6.20. The molecule has 0 spiro atoms. The summed E-state index contributed by atoms with van der Waals surface area (Å²) in [6, 6.07) is 5.95. The number of rotatable bonds is 4. The van der Waals surface area contributed by atoms with Crippen LogP contribution in [0.1, 0.15) is 37.5 Å². The molecule has 1 aromatic carbocycles. The molecule has 0 bridgehead atoms. The highest BCUT2D eigenvalue weighted by Gasteiger charge is 2.32. The largest absolute Gasteiger partial charge is 0.325 e. The lowest BCUT2D eigenvalue weighted by Gasteiger charge is -2.25. The van der Waals surface area contributed by atoms with E-state index in [-0.39, 0.29) is 5.38 Å². The Morgan fingerprint density at radius 2 is 2.00 bits per heavy atom. The maximum Gasteiger partial charge on any atom is 0.154 e. The minimum atomic E-state index is -3.19. The Morgan fingerprint density at radius 1 is 1.38 bits per heavy atom. The molecule has 116 valence electrons. The maximum absolute atomic E-state index is 12.0. The topological polar surface area (TPSA) is 52.0 Å². The van der Waals surface area contributed by atoms with Crippen molar-refractivity contribution < 1.29 is 8.42 Å². The molecule has 0 saturated heterocycles. The van der Waals surface area contributed by atoms with Crippen molar-refractivity contribution in [1.29, 1.82) is 0 Å². The van der Waals surface area contributed by atoms with Gasteiger partial charge in [-0.2, -0.15) is 0 Å². The predicted molar refractivity (Wildman–Crippen MR) is 87.7 cm³/mol. The van der Waals surface area contributed by atoms with Crippen LogP contribution in [0.15, 0.2) is 18.2 Å². The van der Waals surface area contributed by atoms with Gasteiger partial charge in [0.25, 0.3) is 0 Å². The molecule has 2 aromatic rings. The highest BCUT2D eigenvalue weighted by atomic mass is 35.5. The average molecular weight is 329 g/mol. The third-order valence-electron chi connectivity index (χ3n) is 3.83. The molecule has 0 amide bonds. The van der Waals surface area contributed by atoms with Gasteiger partial charge in [0.2, 0.25) is 0 Å². The summed E-state index contributed by atoms with van der Waals surface area (Å²) in [5, 5.41) is -0.284. The number of hydrogen-bond donors (Lipinski definition) is 0. The second kappa shape index (κ2) is 5.29. The fraction of sp³-hybridized carbons (Fsp3) is 0.533. The van der Waals surface area contributed by atoms with E-state index in [2.05, 4.69) is 4.98 Å². The van der Waals surface area contributed by atoms with E-state index in [1.807, 2.05) is 36.6 Å². The average Bonchev–Trinajstić information content (AvgIpc) is 2.66. The van der Waals surface area contributed by atoms with Crippen LogP contribution in [0.4, 0.5) is 0 Å². The third-order valence-corrected chi connectivity index (χ3v) is 6.16. The normalized spacial score (nSPS) is 14.6. The fourth-order valence-electron chi connectivity index (χ4n) is 2.22. The molecule has 0 fully saturated rings. The molecule has 0 radical (unpaired) electrons. The Morgan fingerprint density at radius 3 is 2.52 bits per heavy atom. The van der Waals surface area contributed by atoms with Crippen molar-refractivity contribution in [3.63, 3.8) is 0 Å². The molecule has 6 heteroatoms. The number of imidazole rings is 1. The number of aromatic nitrogens is 2. The first-order valence-corrected chi connectivity index (χ1v) is 9.16. The smallest absolute Gasteiger partial charge is 0.154 e. The van der Waals surface area contributed by atoms with E-state index >= 15 is 0 Å². The van der Waals surface area contributed by atoms with Gasteiger partial charge in [-0.15, -0.1) is 11.6 Å². The lowest BCUT2D eigenvalue weighted by Crippen LogP contribution is -2.36. The molecule has 0 saturated carbocycles. The summed E-state index contributed by atoms with van der Waals surface area (Å²) >= 11 is 6.23. The Bertz CT molecular complexity index is 776. The van der Waals surface area contributed by atoms with Gasteiger partial charge in [0.05, 0.1) is 21.2 Å². The number of alkyl halides is 1. The van der Waals surface area contributed by atoms with Crippen molar-refractivity contribution >= 4 is 32.5 Å². The van der Waals surface area contributed by atoms with Crippen LogP contribution in [0.2, 0.25) is 0 Å². The molecular formula is C15H21ClN2O2S. The van der Waals surface area contributed by atoms with Crippen molar-refractivity contribution in [3.05, 3.63) is 29.6 Å². The first kappa shape index (κ1) is 16.3. The molecule has 4 nitrogen and oxygen atoms in total. The van der Waals surface area contributed by atoms with Crippen molar-refractivity contribution in [1.82, 2.24) is 9.55 Å².